The summed E-state index contributed by atoms with van der Waals surface area (Å²) in [6.07, 6.45) is 59.8. The van der Waals surface area contributed by atoms with Gasteiger partial charge in [-0.15, -0.1) is 0 Å². The summed E-state index contributed by atoms with van der Waals surface area (Å²) in [7, 11) is 0. The lowest BCUT2D eigenvalue weighted by Gasteiger charge is -2.24. The normalized spacial score (nSPS) is 13.9. The molecule has 3 unspecified atom stereocenters. The molecule has 0 aromatic carbocycles. The van der Waals surface area contributed by atoms with E-state index >= 15 is 0 Å². The van der Waals surface area contributed by atoms with Gasteiger partial charge in [-0.05, 0) is 64.2 Å². The third kappa shape index (κ3) is 42.0. The van der Waals surface area contributed by atoms with Crippen molar-refractivity contribution in [3.63, 3.8) is 0 Å². The van der Waals surface area contributed by atoms with Gasteiger partial charge in [-0.25, -0.2) is 0 Å². The minimum Gasteiger partial charge on any atom is -0.461 e. The monoisotopic (exact) mass is 838 g/mol. The highest BCUT2D eigenvalue weighted by molar-refractivity contribution is 5.77. The molecule has 0 rings (SSSR count). The zero-order valence-electron chi connectivity index (χ0n) is 39.3. The Hall–Kier alpha value is -2.70. The van der Waals surface area contributed by atoms with Crippen LogP contribution in [0.2, 0.25) is 0 Å². The van der Waals surface area contributed by atoms with Crippen molar-refractivity contribution in [2.24, 2.45) is 0 Å². The minimum atomic E-state index is -0.815. The molecule has 0 aliphatic rings. The summed E-state index contributed by atoms with van der Waals surface area (Å²) in [6, 6.07) is -0.735. The van der Waals surface area contributed by atoms with E-state index < -0.39 is 18.2 Å². The number of esters is 1. The molecule has 0 fully saturated rings. The molecular weight excluding hydrogens is 743 g/mol. The van der Waals surface area contributed by atoms with Crippen molar-refractivity contribution in [1.29, 1.82) is 0 Å². The van der Waals surface area contributed by atoms with Crippen molar-refractivity contribution < 1.29 is 24.5 Å². The second kappa shape index (κ2) is 47.4. The average Bonchev–Trinajstić information content (AvgIpc) is 3.24. The molecule has 0 saturated heterocycles. The summed E-state index contributed by atoms with van der Waals surface area (Å²) in [5.41, 5.74) is 0. The first-order valence-corrected chi connectivity index (χ1v) is 25.2. The number of unbranched alkanes of at least 4 members (excludes halogenated alkanes) is 21. The first-order valence-electron chi connectivity index (χ1n) is 25.2. The summed E-state index contributed by atoms with van der Waals surface area (Å²) >= 11 is 0. The Morgan fingerprint density at radius 3 is 1.45 bits per heavy atom. The van der Waals surface area contributed by atoms with Gasteiger partial charge in [-0.2, -0.15) is 0 Å². The second-order valence-electron chi connectivity index (χ2n) is 16.8. The maximum absolute atomic E-state index is 13.2. The number of hydrogen-bond acceptors (Lipinski definition) is 5. The first kappa shape index (κ1) is 57.3. The summed E-state index contributed by atoms with van der Waals surface area (Å²) in [4.78, 5) is 26.0. The molecule has 3 N–H and O–H groups in total. The lowest BCUT2D eigenvalue weighted by atomic mass is 10.0. The van der Waals surface area contributed by atoms with E-state index in [1.54, 1.807) is 0 Å². The van der Waals surface area contributed by atoms with Crippen molar-refractivity contribution >= 4 is 11.9 Å². The van der Waals surface area contributed by atoms with Crippen LogP contribution in [0, 0.1) is 0 Å². The lowest BCUT2D eigenvalue weighted by molar-refractivity contribution is -0.150. The molecule has 0 aromatic heterocycles. The number of amides is 1. The zero-order chi connectivity index (χ0) is 43.8. The summed E-state index contributed by atoms with van der Waals surface area (Å²) in [5, 5.41) is 23.7. The van der Waals surface area contributed by atoms with Gasteiger partial charge in [0.2, 0.25) is 5.91 Å². The highest BCUT2D eigenvalue weighted by Gasteiger charge is 2.23. The number of nitrogens with one attached hydrogen (secondary N) is 1. The Morgan fingerprint density at radius 1 is 0.517 bits per heavy atom. The predicted octanol–water partition coefficient (Wildman–Crippen LogP) is 15.0. The molecule has 0 spiro atoms. The lowest BCUT2D eigenvalue weighted by Crippen LogP contribution is -2.46. The number of ether oxygens (including phenoxy) is 1. The third-order valence-electron chi connectivity index (χ3n) is 11.0. The Balaban J connectivity index is 4.70. The van der Waals surface area contributed by atoms with Crippen LogP contribution in [0.3, 0.4) is 0 Å². The van der Waals surface area contributed by atoms with E-state index in [-0.39, 0.29) is 24.9 Å². The van der Waals surface area contributed by atoms with Crippen LogP contribution in [-0.4, -0.2) is 46.9 Å². The number of carbonyl (C=O) groups is 2. The van der Waals surface area contributed by atoms with Crippen LogP contribution < -0.4 is 5.32 Å². The Morgan fingerprint density at radius 2 is 0.950 bits per heavy atom. The highest BCUT2D eigenvalue weighted by atomic mass is 16.5. The van der Waals surface area contributed by atoms with Crippen molar-refractivity contribution in [2.75, 3.05) is 6.61 Å². The van der Waals surface area contributed by atoms with E-state index in [4.69, 9.17) is 4.74 Å². The topological polar surface area (TPSA) is 95.9 Å². The number of rotatable bonds is 44. The molecule has 0 aliphatic carbocycles. The number of hydrogen-bond donors (Lipinski definition) is 3. The highest BCUT2D eigenvalue weighted by Crippen LogP contribution is 2.16. The maximum Gasteiger partial charge on any atom is 0.306 e. The van der Waals surface area contributed by atoms with Crippen molar-refractivity contribution in [2.45, 2.75) is 251 Å². The molecule has 1 amide bonds. The standard InChI is InChI=1S/C54H95NO5/c1-4-7-10-13-16-19-22-24-26-28-31-33-36-39-42-45-50(60-54(59)47-44-41-38-35-30-21-18-15-12-9-6-3)48-53(58)55-51(49-56)52(57)46-43-40-37-34-32-29-27-25-23-20-17-14-11-8-5-2/h7,10,15-16,18-19,24,26,31,33,39,42,50-52,56-57H,4-6,8-9,11-14,17,20-23,25,27-30,32,34-38,40-41,43-49H2,1-3H3,(H,55,58)/b10-7-,18-15-,19-16-,26-24-,33-31-,42-39-. The molecule has 346 valence electrons. The van der Waals surface area contributed by atoms with Crippen molar-refractivity contribution in [3.05, 3.63) is 72.9 Å². The van der Waals surface area contributed by atoms with E-state index in [1.165, 1.54) is 103 Å². The van der Waals surface area contributed by atoms with Crippen LogP contribution in [0.1, 0.15) is 233 Å². The molecule has 0 bridgehead atoms. The number of allylic oxidation sites excluding steroid dienone is 11. The Labute approximate surface area is 371 Å². The summed E-state index contributed by atoms with van der Waals surface area (Å²) in [6.45, 7) is 6.30. The third-order valence-corrected chi connectivity index (χ3v) is 11.0. The fourth-order valence-electron chi connectivity index (χ4n) is 7.20. The maximum atomic E-state index is 13.2. The van der Waals surface area contributed by atoms with Gasteiger partial charge in [0, 0.05) is 12.8 Å². The van der Waals surface area contributed by atoms with Crippen LogP contribution in [-0.2, 0) is 14.3 Å². The van der Waals surface area contributed by atoms with Gasteiger partial charge in [0.25, 0.3) is 0 Å². The summed E-state index contributed by atoms with van der Waals surface area (Å²) < 4.78 is 5.85. The molecule has 6 heteroatoms. The van der Waals surface area contributed by atoms with Gasteiger partial charge in [0.05, 0.1) is 25.2 Å². The van der Waals surface area contributed by atoms with E-state index in [9.17, 15) is 19.8 Å². The van der Waals surface area contributed by atoms with E-state index in [1.807, 2.05) is 12.2 Å². The SMILES string of the molecule is CC/C=C\C/C=C\C/C=C\C/C=C\C/C=C\CC(CC(=O)NC(CO)C(O)CCCCCCCCCCCCCCCCC)OC(=O)CCCCCCC/C=C\CCCC. The van der Waals surface area contributed by atoms with Gasteiger partial charge < -0.3 is 20.3 Å². The van der Waals surface area contributed by atoms with Gasteiger partial charge in [0.1, 0.15) is 6.10 Å². The van der Waals surface area contributed by atoms with E-state index in [2.05, 4.69) is 86.8 Å². The molecule has 0 heterocycles. The van der Waals surface area contributed by atoms with Gasteiger partial charge in [0.15, 0.2) is 0 Å². The molecular formula is C54H95NO5. The van der Waals surface area contributed by atoms with E-state index in [0.29, 0.717) is 19.3 Å². The summed E-state index contributed by atoms with van der Waals surface area (Å²) in [5.74, 6) is -0.593. The van der Waals surface area contributed by atoms with Crippen LogP contribution in [0.15, 0.2) is 72.9 Å². The van der Waals surface area contributed by atoms with Gasteiger partial charge >= 0.3 is 5.97 Å². The quantitative estimate of drug-likeness (QED) is 0.0323. The van der Waals surface area contributed by atoms with E-state index in [0.717, 1.165) is 83.5 Å². The Kier molecular flexibility index (Phi) is 45.2. The van der Waals surface area contributed by atoms with Crippen LogP contribution >= 0.6 is 0 Å². The molecule has 6 nitrogen and oxygen atoms in total. The molecule has 0 radical (unpaired) electrons. The molecule has 0 saturated carbocycles. The molecule has 0 aromatic rings. The number of carbonyl (C=O) groups excluding carboxylic acids is 2. The average molecular weight is 838 g/mol. The minimum absolute atomic E-state index is 0.00595. The smallest absolute Gasteiger partial charge is 0.306 e. The number of aliphatic hydroxyl groups excluding tert-OH is 2. The van der Waals surface area contributed by atoms with Crippen molar-refractivity contribution in [1.82, 2.24) is 5.32 Å². The fraction of sp³-hybridized carbons (Fsp3) is 0.741. The van der Waals surface area contributed by atoms with Gasteiger partial charge in [-0.3, -0.25) is 9.59 Å². The molecule has 60 heavy (non-hydrogen) atoms. The molecule has 3 atom stereocenters. The largest absolute Gasteiger partial charge is 0.461 e. The van der Waals surface area contributed by atoms with Gasteiger partial charge in [-0.1, -0.05) is 222 Å². The Bertz CT molecular complexity index is 1120. The predicted molar refractivity (Wildman–Crippen MR) is 259 cm³/mol. The first-order chi connectivity index (χ1) is 29.5. The number of aliphatic hydroxyl groups is 2. The zero-order valence-corrected chi connectivity index (χ0v) is 39.3. The molecule has 0 aliphatic heterocycles. The van der Waals surface area contributed by atoms with Crippen molar-refractivity contribution in [3.8, 4) is 0 Å². The van der Waals surface area contributed by atoms with Crippen LogP contribution in [0.4, 0.5) is 0 Å². The van der Waals surface area contributed by atoms with Crippen LogP contribution in [0.5, 0.6) is 0 Å². The second-order valence-corrected chi connectivity index (χ2v) is 16.8. The fourth-order valence-corrected chi connectivity index (χ4v) is 7.20. The van der Waals surface area contributed by atoms with Crippen LogP contribution in [0.25, 0.3) is 0 Å².